The summed E-state index contributed by atoms with van der Waals surface area (Å²) in [5, 5.41) is 0.448. The number of aromatic nitrogens is 1. The van der Waals surface area contributed by atoms with Crippen molar-refractivity contribution >= 4 is 17.5 Å². The third-order valence-electron chi connectivity index (χ3n) is 3.20. The monoisotopic (exact) mass is 268 g/mol. The highest BCUT2D eigenvalue weighted by molar-refractivity contribution is 6.33. The Balaban J connectivity index is 2.23. The lowest BCUT2D eigenvalue weighted by molar-refractivity contribution is -0.0444. The summed E-state index contributed by atoms with van der Waals surface area (Å²) in [6.07, 6.45) is 4.04. The van der Waals surface area contributed by atoms with Crippen LogP contribution >= 0.6 is 11.6 Å². The highest BCUT2D eigenvalue weighted by Gasteiger charge is 2.30. The second-order valence-corrected chi connectivity index (χ2v) is 4.93. The van der Waals surface area contributed by atoms with Crippen LogP contribution in [0.5, 0.6) is 0 Å². The number of morpholine rings is 1. The van der Waals surface area contributed by atoms with Gasteiger partial charge in [-0.05, 0) is 19.4 Å². The van der Waals surface area contributed by atoms with E-state index in [9.17, 15) is 4.79 Å². The molecule has 0 spiro atoms. The van der Waals surface area contributed by atoms with E-state index in [1.807, 2.05) is 11.8 Å². The van der Waals surface area contributed by atoms with Crippen LogP contribution in [0.25, 0.3) is 0 Å². The van der Waals surface area contributed by atoms with Gasteiger partial charge in [0.2, 0.25) is 0 Å². The maximum atomic E-state index is 12.5. The van der Waals surface area contributed by atoms with Gasteiger partial charge in [-0.3, -0.25) is 9.78 Å². The molecule has 4 nitrogen and oxygen atoms in total. The molecule has 1 saturated heterocycles. The molecule has 0 radical (unpaired) electrons. The van der Waals surface area contributed by atoms with E-state index < -0.39 is 0 Å². The molecule has 1 aliphatic heterocycles. The molecule has 1 aromatic heterocycles. The summed E-state index contributed by atoms with van der Waals surface area (Å²) in [6.45, 7) is 5.20. The quantitative estimate of drug-likeness (QED) is 0.827. The normalized spacial score (nSPS) is 24.1. The lowest BCUT2D eigenvalue weighted by Crippen LogP contribution is -2.51. The molecule has 0 bridgehead atoms. The maximum Gasteiger partial charge on any atom is 0.257 e. The molecular formula is C13H17ClN2O2. The summed E-state index contributed by atoms with van der Waals surface area (Å²) in [5.41, 5.74) is 0.465. The molecule has 1 amide bonds. The van der Waals surface area contributed by atoms with Crippen molar-refractivity contribution in [2.45, 2.75) is 32.4 Å². The zero-order chi connectivity index (χ0) is 13.1. The average molecular weight is 269 g/mol. The molecular weight excluding hydrogens is 252 g/mol. The second-order valence-electron chi connectivity index (χ2n) is 4.52. The number of halogens is 1. The number of rotatable bonds is 2. The predicted octanol–water partition coefficient (Wildman–Crippen LogP) is 2.37. The van der Waals surface area contributed by atoms with Gasteiger partial charge in [-0.15, -0.1) is 0 Å². The van der Waals surface area contributed by atoms with Gasteiger partial charge in [0.15, 0.2) is 0 Å². The van der Waals surface area contributed by atoms with E-state index in [0.29, 0.717) is 23.7 Å². The molecule has 1 aliphatic rings. The second kappa shape index (κ2) is 5.67. The van der Waals surface area contributed by atoms with Crippen LogP contribution in [0.2, 0.25) is 5.02 Å². The Morgan fingerprint density at radius 3 is 3.11 bits per heavy atom. The molecule has 18 heavy (non-hydrogen) atoms. The van der Waals surface area contributed by atoms with Crippen molar-refractivity contribution in [2.24, 2.45) is 0 Å². The van der Waals surface area contributed by atoms with Crippen LogP contribution in [-0.2, 0) is 4.74 Å². The number of ether oxygens (including phenoxy) is 1. The molecule has 1 aromatic rings. The van der Waals surface area contributed by atoms with Crippen molar-refractivity contribution in [1.82, 2.24) is 9.88 Å². The van der Waals surface area contributed by atoms with Crippen molar-refractivity contribution in [3.8, 4) is 0 Å². The van der Waals surface area contributed by atoms with Crippen LogP contribution in [0.1, 0.15) is 30.6 Å². The van der Waals surface area contributed by atoms with E-state index in [1.165, 1.54) is 6.20 Å². The summed E-state index contributed by atoms with van der Waals surface area (Å²) >= 11 is 6.05. The first kappa shape index (κ1) is 13.3. The van der Waals surface area contributed by atoms with E-state index in [-0.39, 0.29) is 18.1 Å². The number of carbonyl (C=O) groups is 1. The average Bonchev–Trinajstić information content (AvgIpc) is 2.38. The van der Waals surface area contributed by atoms with Gasteiger partial charge in [0.05, 0.1) is 29.3 Å². The van der Waals surface area contributed by atoms with Crippen LogP contribution in [0.15, 0.2) is 18.5 Å². The molecule has 0 saturated carbocycles. The van der Waals surface area contributed by atoms with Crippen molar-refractivity contribution < 1.29 is 9.53 Å². The van der Waals surface area contributed by atoms with Gasteiger partial charge < -0.3 is 9.64 Å². The summed E-state index contributed by atoms with van der Waals surface area (Å²) in [7, 11) is 0. The van der Waals surface area contributed by atoms with E-state index in [0.717, 1.165) is 6.42 Å². The number of nitrogens with zero attached hydrogens (tertiary/aromatic N) is 2. The first-order valence-corrected chi connectivity index (χ1v) is 6.53. The SMILES string of the molecule is CCC1COC(C)CN1C(=O)c1cnccc1Cl. The van der Waals surface area contributed by atoms with Gasteiger partial charge in [0.1, 0.15) is 0 Å². The fraction of sp³-hybridized carbons (Fsp3) is 0.538. The molecule has 5 heteroatoms. The van der Waals surface area contributed by atoms with Crippen LogP contribution in [0.4, 0.5) is 0 Å². The summed E-state index contributed by atoms with van der Waals surface area (Å²) in [5.74, 6) is -0.0601. The van der Waals surface area contributed by atoms with Crippen molar-refractivity contribution in [1.29, 1.82) is 0 Å². The standard InChI is InChI=1S/C13H17ClN2O2/c1-3-10-8-18-9(2)7-16(10)13(17)11-6-15-5-4-12(11)14/h4-6,9-10H,3,7-8H2,1-2H3. The summed E-state index contributed by atoms with van der Waals surface area (Å²) in [6, 6.07) is 1.75. The van der Waals surface area contributed by atoms with Crippen LogP contribution < -0.4 is 0 Å². The molecule has 2 heterocycles. The Morgan fingerprint density at radius 2 is 2.44 bits per heavy atom. The zero-order valence-corrected chi connectivity index (χ0v) is 11.4. The number of hydrogen-bond donors (Lipinski definition) is 0. The molecule has 2 unspecified atom stereocenters. The van der Waals surface area contributed by atoms with E-state index in [4.69, 9.17) is 16.3 Å². The van der Waals surface area contributed by atoms with Gasteiger partial charge in [-0.25, -0.2) is 0 Å². The van der Waals surface area contributed by atoms with E-state index >= 15 is 0 Å². The lowest BCUT2D eigenvalue weighted by Gasteiger charge is -2.38. The smallest absolute Gasteiger partial charge is 0.257 e. The fourth-order valence-corrected chi connectivity index (χ4v) is 2.31. The summed E-state index contributed by atoms with van der Waals surface area (Å²) in [4.78, 5) is 18.3. The molecule has 98 valence electrons. The third kappa shape index (κ3) is 2.65. The van der Waals surface area contributed by atoms with Gasteiger partial charge in [0, 0.05) is 18.9 Å². The Morgan fingerprint density at radius 1 is 1.67 bits per heavy atom. The topological polar surface area (TPSA) is 42.4 Å². The molecule has 0 N–H and O–H groups in total. The Labute approximate surface area is 112 Å². The van der Waals surface area contributed by atoms with Crippen LogP contribution in [-0.4, -0.2) is 41.1 Å². The highest BCUT2D eigenvalue weighted by Crippen LogP contribution is 2.21. The largest absolute Gasteiger partial charge is 0.375 e. The molecule has 2 rings (SSSR count). The van der Waals surface area contributed by atoms with E-state index in [2.05, 4.69) is 11.9 Å². The predicted molar refractivity (Wildman–Crippen MR) is 69.8 cm³/mol. The fourth-order valence-electron chi connectivity index (χ4n) is 2.12. The first-order valence-electron chi connectivity index (χ1n) is 6.15. The first-order chi connectivity index (χ1) is 8.63. The van der Waals surface area contributed by atoms with Crippen molar-refractivity contribution in [2.75, 3.05) is 13.2 Å². The highest BCUT2D eigenvalue weighted by atomic mass is 35.5. The Kier molecular flexibility index (Phi) is 4.19. The molecule has 0 aliphatic carbocycles. The number of pyridine rings is 1. The van der Waals surface area contributed by atoms with E-state index in [1.54, 1.807) is 12.3 Å². The number of amides is 1. The third-order valence-corrected chi connectivity index (χ3v) is 3.53. The molecule has 0 aromatic carbocycles. The van der Waals surface area contributed by atoms with Gasteiger partial charge >= 0.3 is 0 Å². The number of hydrogen-bond acceptors (Lipinski definition) is 3. The minimum atomic E-state index is -0.0601. The van der Waals surface area contributed by atoms with Gasteiger partial charge in [-0.1, -0.05) is 18.5 Å². The Hall–Kier alpha value is -1.13. The van der Waals surface area contributed by atoms with Gasteiger partial charge in [0.25, 0.3) is 5.91 Å². The van der Waals surface area contributed by atoms with Crippen molar-refractivity contribution in [3.05, 3.63) is 29.0 Å². The van der Waals surface area contributed by atoms with Crippen LogP contribution in [0.3, 0.4) is 0 Å². The molecule has 1 fully saturated rings. The van der Waals surface area contributed by atoms with Gasteiger partial charge in [-0.2, -0.15) is 0 Å². The maximum absolute atomic E-state index is 12.5. The van der Waals surface area contributed by atoms with Crippen LogP contribution in [0, 0.1) is 0 Å². The minimum Gasteiger partial charge on any atom is -0.375 e. The summed E-state index contributed by atoms with van der Waals surface area (Å²) < 4.78 is 5.59. The minimum absolute atomic E-state index is 0.0601. The Bertz CT molecular complexity index is 439. The number of carbonyl (C=O) groups excluding carboxylic acids is 1. The lowest BCUT2D eigenvalue weighted by atomic mass is 10.1. The zero-order valence-electron chi connectivity index (χ0n) is 10.6. The van der Waals surface area contributed by atoms with Crippen molar-refractivity contribution in [3.63, 3.8) is 0 Å². The molecule has 2 atom stereocenters.